The van der Waals surface area contributed by atoms with Crippen LogP contribution in [0, 0.1) is 5.92 Å². The average molecular weight is 801 g/mol. The Hall–Kier alpha value is -6.23. The average Bonchev–Trinajstić information content (AvgIpc) is 3.85. The smallest absolute Gasteiger partial charge is 0.246 e. The summed E-state index contributed by atoms with van der Waals surface area (Å²) in [5.74, 6) is -5.63. The SMILES string of the molecule is CC(C)=CCc1cc(C(O)[C@@H]2NC(=O)CNC(=O)[C@H](C(C)C)NC(=O)CNC(=O)[C@@H]3CCCN3C(=O)[C@H](Cc3c[nH]c4ccccc34)NC(=O)CNC2=O)ccc1O. The van der Waals surface area contributed by atoms with Crippen LogP contribution in [0.5, 0.6) is 5.75 Å². The molecule has 0 bridgehead atoms. The zero-order valence-corrected chi connectivity index (χ0v) is 33.0. The number of aromatic hydroxyl groups is 1. The van der Waals surface area contributed by atoms with E-state index in [1.54, 1.807) is 20.0 Å². The van der Waals surface area contributed by atoms with Gasteiger partial charge in [0.15, 0.2) is 0 Å². The van der Waals surface area contributed by atoms with Crippen molar-refractivity contribution in [3.63, 3.8) is 0 Å². The van der Waals surface area contributed by atoms with E-state index in [9.17, 15) is 43.8 Å². The van der Waals surface area contributed by atoms with Gasteiger partial charge in [0, 0.05) is 30.1 Å². The molecule has 2 fully saturated rings. The van der Waals surface area contributed by atoms with Crippen LogP contribution in [0.4, 0.5) is 0 Å². The minimum absolute atomic E-state index is 0.0285. The van der Waals surface area contributed by atoms with Crippen LogP contribution in [0.1, 0.15) is 63.3 Å². The molecule has 9 N–H and O–H groups in total. The molecular weight excluding hydrogens is 748 g/mol. The second-order valence-corrected chi connectivity index (χ2v) is 15.2. The van der Waals surface area contributed by atoms with Crippen molar-refractivity contribution < 1.29 is 43.8 Å². The van der Waals surface area contributed by atoms with Crippen molar-refractivity contribution in [1.29, 1.82) is 0 Å². The van der Waals surface area contributed by atoms with E-state index >= 15 is 0 Å². The molecule has 3 heterocycles. The predicted molar refractivity (Wildman–Crippen MR) is 213 cm³/mol. The summed E-state index contributed by atoms with van der Waals surface area (Å²) in [7, 11) is 0. The lowest BCUT2D eigenvalue weighted by Gasteiger charge is -2.29. The van der Waals surface area contributed by atoms with Gasteiger partial charge in [-0.1, -0.05) is 49.8 Å². The number of nitrogens with zero attached hydrogens (tertiary/aromatic N) is 1. The van der Waals surface area contributed by atoms with Crippen LogP contribution in [0.2, 0.25) is 0 Å². The molecule has 0 spiro atoms. The van der Waals surface area contributed by atoms with Gasteiger partial charge in [-0.15, -0.1) is 0 Å². The third-order valence-electron chi connectivity index (χ3n) is 10.2. The van der Waals surface area contributed by atoms with Crippen molar-refractivity contribution in [3.8, 4) is 5.75 Å². The van der Waals surface area contributed by atoms with Crippen molar-refractivity contribution in [2.75, 3.05) is 26.2 Å². The van der Waals surface area contributed by atoms with Crippen molar-refractivity contribution in [3.05, 3.63) is 77.0 Å². The van der Waals surface area contributed by atoms with E-state index in [4.69, 9.17) is 0 Å². The summed E-state index contributed by atoms with van der Waals surface area (Å²) in [6.45, 7) is 5.52. The number of aromatic amines is 1. The lowest BCUT2D eigenvalue weighted by molar-refractivity contribution is -0.141. The summed E-state index contributed by atoms with van der Waals surface area (Å²) in [4.78, 5) is 99.0. The maximum atomic E-state index is 14.3. The molecule has 2 aliphatic rings. The zero-order chi connectivity index (χ0) is 42.1. The van der Waals surface area contributed by atoms with Gasteiger partial charge in [0.2, 0.25) is 41.4 Å². The Balaban J connectivity index is 1.46. The number of fused-ring (bicyclic) bond motifs is 2. The van der Waals surface area contributed by atoms with Crippen LogP contribution < -0.4 is 31.9 Å². The Labute approximate surface area is 335 Å². The summed E-state index contributed by atoms with van der Waals surface area (Å²) in [6, 6.07) is 6.72. The van der Waals surface area contributed by atoms with Gasteiger partial charge < -0.3 is 52.0 Å². The number of para-hydroxylation sites is 1. The fourth-order valence-electron chi connectivity index (χ4n) is 7.04. The second-order valence-electron chi connectivity index (χ2n) is 15.2. The Morgan fingerprint density at radius 3 is 2.10 bits per heavy atom. The fraction of sp³-hybridized carbons (Fsp3) is 0.439. The highest BCUT2D eigenvalue weighted by Crippen LogP contribution is 2.26. The highest BCUT2D eigenvalue weighted by atomic mass is 16.3. The minimum atomic E-state index is -1.70. The standard InChI is InChI=1S/C41H52N8O9/c1-22(2)11-12-24-16-25(13-14-31(24)50)37(54)36-40(57)45-19-32(51)46-29(17-26-18-42-28-9-6-5-8-27(26)28)41(58)49-15-7-10-30(49)38(55)43-20-33(52)47-35(23(3)4)39(56)44-21-34(53)48-36/h5-6,8-9,11,13-14,16,18,23,29-30,35-37,42,50,54H,7,10,12,15,17,19-21H2,1-4H3,(H,43,55)(H,44,56)(H,45,57)(H,46,51)(H,47,52)(H,48,53)/t29-,30-,35-,36-,37?/m0/s1. The number of hydrogen-bond acceptors (Lipinski definition) is 9. The molecule has 17 heteroatoms. The highest BCUT2D eigenvalue weighted by Gasteiger charge is 2.39. The predicted octanol–water partition coefficient (Wildman–Crippen LogP) is 0.122. The number of carbonyl (C=O) groups is 7. The lowest BCUT2D eigenvalue weighted by atomic mass is 9.97. The van der Waals surface area contributed by atoms with Gasteiger partial charge in [-0.05, 0) is 73.9 Å². The topological polar surface area (TPSA) is 251 Å². The molecule has 0 saturated carbocycles. The first-order chi connectivity index (χ1) is 27.6. The van der Waals surface area contributed by atoms with Crippen molar-refractivity contribution >= 4 is 52.3 Å². The minimum Gasteiger partial charge on any atom is -0.508 e. The number of phenolic OH excluding ortho intramolecular Hbond substituents is 1. The van der Waals surface area contributed by atoms with E-state index < -0.39 is 97.2 Å². The number of benzene rings is 2. The van der Waals surface area contributed by atoms with Gasteiger partial charge in [0.1, 0.15) is 36.0 Å². The number of hydrogen-bond donors (Lipinski definition) is 9. The number of carbonyl (C=O) groups excluding carboxylic acids is 7. The third kappa shape index (κ3) is 10.8. The van der Waals surface area contributed by atoms with Gasteiger partial charge in [-0.3, -0.25) is 33.6 Å². The summed E-state index contributed by atoms with van der Waals surface area (Å²) in [5.41, 5.74) is 3.13. The number of nitrogens with one attached hydrogen (secondary N) is 7. The Morgan fingerprint density at radius 2 is 1.43 bits per heavy atom. The van der Waals surface area contributed by atoms with Crippen molar-refractivity contribution in [2.24, 2.45) is 5.92 Å². The molecule has 17 nitrogen and oxygen atoms in total. The van der Waals surface area contributed by atoms with E-state index in [0.29, 0.717) is 30.4 Å². The molecule has 2 aliphatic heterocycles. The molecule has 2 aromatic carbocycles. The quantitative estimate of drug-likeness (QED) is 0.147. The van der Waals surface area contributed by atoms with E-state index in [2.05, 4.69) is 36.9 Å². The number of aliphatic hydroxyl groups excluding tert-OH is 1. The highest BCUT2D eigenvalue weighted by molar-refractivity contribution is 5.97. The first kappa shape index (κ1) is 42.9. The van der Waals surface area contributed by atoms with Gasteiger partial charge in [-0.2, -0.15) is 0 Å². The van der Waals surface area contributed by atoms with Crippen LogP contribution in [-0.2, 0) is 46.4 Å². The number of phenols is 1. The molecule has 1 unspecified atom stereocenters. The largest absolute Gasteiger partial charge is 0.508 e. The van der Waals surface area contributed by atoms with E-state index in [0.717, 1.165) is 16.5 Å². The maximum absolute atomic E-state index is 14.3. The zero-order valence-electron chi connectivity index (χ0n) is 33.0. The number of H-pyrrole nitrogens is 1. The summed E-state index contributed by atoms with van der Waals surface area (Å²) >= 11 is 0. The van der Waals surface area contributed by atoms with Gasteiger partial charge >= 0.3 is 0 Å². The van der Waals surface area contributed by atoms with Crippen molar-refractivity contribution in [2.45, 2.75) is 83.6 Å². The number of rotatable bonds is 7. The third-order valence-corrected chi connectivity index (χ3v) is 10.2. The number of aliphatic hydroxyl groups is 1. The van der Waals surface area contributed by atoms with Gasteiger partial charge in [-0.25, -0.2) is 0 Å². The van der Waals surface area contributed by atoms with E-state index in [-0.39, 0.29) is 24.3 Å². The molecular formula is C41H52N8O9. The summed E-state index contributed by atoms with van der Waals surface area (Å²) in [5, 5.41) is 38.0. The maximum Gasteiger partial charge on any atom is 0.246 e. The summed E-state index contributed by atoms with van der Waals surface area (Å²) in [6.07, 6.45) is 3.05. The van der Waals surface area contributed by atoms with Crippen LogP contribution in [-0.4, -0.2) is 112 Å². The first-order valence-electron chi connectivity index (χ1n) is 19.3. The molecule has 7 amide bonds. The first-order valence-corrected chi connectivity index (χ1v) is 19.3. The second kappa shape index (κ2) is 19.3. The van der Waals surface area contributed by atoms with Crippen LogP contribution in [0.15, 0.2) is 60.3 Å². The fourth-order valence-corrected chi connectivity index (χ4v) is 7.04. The number of allylic oxidation sites excluding steroid dienone is 2. The normalized spacial score (nSPS) is 22.4. The molecule has 310 valence electrons. The monoisotopic (exact) mass is 800 g/mol. The Morgan fingerprint density at radius 1 is 0.810 bits per heavy atom. The molecule has 5 rings (SSSR count). The molecule has 5 atom stereocenters. The number of amides is 7. The molecule has 3 aromatic rings. The number of aromatic nitrogens is 1. The molecule has 2 saturated heterocycles. The van der Waals surface area contributed by atoms with Crippen LogP contribution in [0.25, 0.3) is 10.9 Å². The molecule has 58 heavy (non-hydrogen) atoms. The van der Waals surface area contributed by atoms with E-state index in [1.807, 2.05) is 44.2 Å². The van der Waals surface area contributed by atoms with E-state index in [1.165, 1.54) is 23.1 Å². The Bertz CT molecular complexity index is 2070. The summed E-state index contributed by atoms with van der Waals surface area (Å²) < 4.78 is 0. The molecule has 1 aromatic heterocycles. The molecule has 0 aliphatic carbocycles. The van der Waals surface area contributed by atoms with Crippen LogP contribution in [0.3, 0.4) is 0 Å². The van der Waals surface area contributed by atoms with Gasteiger partial charge in [0.25, 0.3) is 0 Å². The van der Waals surface area contributed by atoms with Crippen molar-refractivity contribution in [1.82, 2.24) is 41.8 Å². The lowest BCUT2D eigenvalue weighted by Crippen LogP contribution is -2.56. The molecule has 0 radical (unpaired) electrons. The van der Waals surface area contributed by atoms with Crippen LogP contribution >= 0.6 is 0 Å². The van der Waals surface area contributed by atoms with Gasteiger partial charge in [0.05, 0.1) is 19.6 Å². The Kier molecular flexibility index (Phi) is 14.3.